The van der Waals surface area contributed by atoms with E-state index in [9.17, 15) is 9.90 Å². The maximum absolute atomic E-state index is 12.8. The molecule has 3 saturated carbocycles. The van der Waals surface area contributed by atoms with Gasteiger partial charge in [-0.1, -0.05) is 0 Å². The van der Waals surface area contributed by atoms with E-state index in [1.54, 1.807) is 0 Å². The maximum atomic E-state index is 12.8. The van der Waals surface area contributed by atoms with E-state index in [2.05, 4.69) is 10.9 Å². The van der Waals surface area contributed by atoms with Gasteiger partial charge in [0.25, 0.3) is 0 Å². The molecule has 1 aromatic heterocycles. The third kappa shape index (κ3) is 3.54. The van der Waals surface area contributed by atoms with Crippen LogP contribution in [0.15, 0.2) is 6.20 Å². The summed E-state index contributed by atoms with van der Waals surface area (Å²) in [6.07, 6.45) is 8.30. The van der Waals surface area contributed by atoms with Crippen molar-refractivity contribution in [2.45, 2.75) is 63.6 Å². The molecule has 0 aromatic carbocycles. The Balaban J connectivity index is 1.30. The van der Waals surface area contributed by atoms with Gasteiger partial charge in [-0.05, 0) is 50.4 Å². The molecule has 1 amide bonds. The number of carbonyl (C=O) groups excluding carboxylic acids is 1. The van der Waals surface area contributed by atoms with E-state index in [1.165, 1.54) is 31.2 Å². The van der Waals surface area contributed by atoms with E-state index >= 15 is 0 Å². The number of ether oxygens (including phenoxy) is 1. The SMILES string of the molecule is O=C(C1CC(O)C1)N1Cc2cn(CC3CC3)nc2C(COCC2CC2)C1. The lowest BCUT2D eigenvalue weighted by atomic mass is 9.81. The van der Waals surface area contributed by atoms with Crippen molar-refractivity contribution in [3.8, 4) is 0 Å². The van der Waals surface area contributed by atoms with Crippen LogP contribution in [-0.2, 0) is 22.6 Å². The Hall–Kier alpha value is -1.40. The van der Waals surface area contributed by atoms with E-state index in [4.69, 9.17) is 9.84 Å². The highest BCUT2D eigenvalue weighted by Gasteiger charge is 2.39. The molecule has 4 aliphatic rings. The lowest BCUT2D eigenvalue weighted by molar-refractivity contribution is -0.144. The molecule has 26 heavy (non-hydrogen) atoms. The van der Waals surface area contributed by atoms with E-state index in [-0.39, 0.29) is 23.8 Å². The van der Waals surface area contributed by atoms with Gasteiger partial charge in [0, 0.05) is 49.8 Å². The zero-order valence-corrected chi connectivity index (χ0v) is 15.3. The molecule has 6 heteroatoms. The fourth-order valence-electron chi connectivity index (χ4n) is 4.23. The number of nitrogens with zero attached hydrogens (tertiary/aromatic N) is 3. The third-order valence-electron chi connectivity index (χ3n) is 6.34. The summed E-state index contributed by atoms with van der Waals surface area (Å²) in [5, 5.41) is 14.4. The Morgan fingerprint density at radius 2 is 1.96 bits per heavy atom. The minimum absolute atomic E-state index is 0.00101. The van der Waals surface area contributed by atoms with Gasteiger partial charge in [0.1, 0.15) is 0 Å². The average Bonchev–Trinajstić information content (AvgIpc) is 3.51. The second-order valence-corrected chi connectivity index (χ2v) is 8.92. The number of aromatic nitrogens is 2. The van der Waals surface area contributed by atoms with Crippen LogP contribution in [0, 0.1) is 17.8 Å². The van der Waals surface area contributed by atoms with Crippen molar-refractivity contribution in [1.29, 1.82) is 0 Å². The third-order valence-corrected chi connectivity index (χ3v) is 6.34. The molecule has 3 fully saturated rings. The Labute approximate surface area is 154 Å². The van der Waals surface area contributed by atoms with Crippen molar-refractivity contribution < 1.29 is 14.6 Å². The molecule has 1 atom stereocenters. The highest BCUT2D eigenvalue weighted by molar-refractivity contribution is 5.80. The normalized spacial score (nSPS) is 30.8. The van der Waals surface area contributed by atoms with Crippen LogP contribution in [0.4, 0.5) is 0 Å². The zero-order chi connectivity index (χ0) is 17.7. The molecule has 0 radical (unpaired) electrons. The first-order chi connectivity index (χ1) is 12.7. The number of hydrogen-bond acceptors (Lipinski definition) is 4. The summed E-state index contributed by atoms with van der Waals surface area (Å²) in [7, 11) is 0. The zero-order valence-electron chi connectivity index (χ0n) is 15.3. The van der Waals surface area contributed by atoms with Crippen molar-refractivity contribution in [2.75, 3.05) is 19.8 Å². The van der Waals surface area contributed by atoms with Gasteiger partial charge in [-0.3, -0.25) is 9.48 Å². The summed E-state index contributed by atoms with van der Waals surface area (Å²) in [4.78, 5) is 14.8. The van der Waals surface area contributed by atoms with Crippen LogP contribution in [0.1, 0.15) is 55.7 Å². The van der Waals surface area contributed by atoms with Crippen LogP contribution < -0.4 is 0 Å². The first-order valence-corrected chi connectivity index (χ1v) is 10.3. The fraction of sp³-hybridized carbons (Fsp3) is 0.800. The fourth-order valence-corrected chi connectivity index (χ4v) is 4.23. The molecule has 142 valence electrons. The molecule has 1 aliphatic heterocycles. The van der Waals surface area contributed by atoms with E-state index in [0.717, 1.165) is 30.7 Å². The van der Waals surface area contributed by atoms with Crippen molar-refractivity contribution in [1.82, 2.24) is 14.7 Å². The largest absolute Gasteiger partial charge is 0.393 e. The minimum Gasteiger partial charge on any atom is -0.393 e. The first kappa shape index (κ1) is 16.8. The topological polar surface area (TPSA) is 67.6 Å². The maximum Gasteiger partial charge on any atom is 0.226 e. The first-order valence-electron chi connectivity index (χ1n) is 10.3. The number of aliphatic hydroxyl groups excluding tert-OH is 1. The van der Waals surface area contributed by atoms with Gasteiger partial charge in [-0.15, -0.1) is 0 Å². The quantitative estimate of drug-likeness (QED) is 0.808. The minimum atomic E-state index is -0.289. The van der Waals surface area contributed by atoms with Crippen LogP contribution in [0.5, 0.6) is 0 Å². The molecule has 1 aromatic rings. The predicted molar refractivity (Wildman–Crippen MR) is 95.4 cm³/mol. The Morgan fingerprint density at radius 1 is 1.19 bits per heavy atom. The molecular weight excluding hydrogens is 330 g/mol. The van der Waals surface area contributed by atoms with Crippen molar-refractivity contribution >= 4 is 5.91 Å². The van der Waals surface area contributed by atoms with Crippen molar-refractivity contribution in [3.05, 3.63) is 17.5 Å². The molecule has 0 spiro atoms. The van der Waals surface area contributed by atoms with Crippen LogP contribution in [0.2, 0.25) is 0 Å². The predicted octanol–water partition coefficient (Wildman–Crippen LogP) is 1.92. The molecule has 2 heterocycles. The molecule has 1 N–H and O–H groups in total. The van der Waals surface area contributed by atoms with Gasteiger partial charge < -0.3 is 14.7 Å². The average molecular weight is 359 g/mol. The lowest BCUT2D eigenvalue weighted by Crippen LogP contribution is -2.47. The van der Waals surface area contributed by atoms with Gasteiger partial charge in [-0.25, -0.2) is 0 Å². The monoisotopic (exact) mass is 359 g/mol. The molecule has 1 unspecified atom stereocenters. The van der Waals surface area contributed by atoms with Crippen molar-refractivity contribution in [3.63, 3.8) is 0 Å². The Bertz CT molecular complexity index is 674. The number of rotatable bonds is 7. The van der Waals surface area contributed by atoms with E-state index in [1.807, 2.05) is 4.90 Å². The Kier molecular flexibility index (Phi) is 4.28. The molecule has 0 bridgehead atoms. The molecule has 0 saturated heterocycles. The number of carbonyl (C=O) groups is 1. The highest BCUT2D eigenvalue weighted by Crippen LogP contribution is 2.35. The van der Waals surface area contributed by atoms with Crippen LogP contribution >= 0.6 is 0 Å². The smallest absolute Gasteiger partial charge is 0.226 e. The summed E-state index contributed by atoms with van der Waals surface area (Å²) in [6.45, 7) is 3.86. The van der Waals surface area contributed by atoms with Crippen LogP contribution in [0.25, 0.3) is 0 Å². The van der Waals surface area contributed by atoms with Crippen LogP contribution in [0.3, 0.4) is 0 Å². The summed E-state index contributed by atoms with van der Waals surface area (Å²) >= 11 is 0. The van der Waals surface area contributed by atoms with Gasteiger partial charge in [-0.2, -0.15) is 5.10 Å². The second-order valence-electron chi connectivity index (χ2n) is 8.92. The molecule has 5 rings (SSSR count). The number of aliphatic hydroxyl groups is 1. The van der Waals surface area contributed by atoms with Gasteiger partial charge in [0.2, 0.25) is 5.91 Å². The Morgan fingerprint density at radius 3 is 2.65 bits per heavy atom. The summed E-state index contributed by atoms with van der Waals surface area (Å²) in [5.41, 5.74) is 2.32. The molecule has 6 nitrogen and oxygen atoms in total. The number of hydrogen-bond donors (Lipinski definition) is 1. The summed E-state index contributed by atoms with van der Waals surface area (Å²) in [6, 6.07) is 0. The second kappa shape index (κ2) is 6.64. The van der Waals surface area contributed by atoms with E-state index < -0.39 is 0 Å². The summed E-state index contributed by atoms with van der Waals surface area (Å²) < 4.78 is 8.07. The van der Waals surface area contributed by atoms with Crippen LogP contribution in [-0.4, -0.2) is 51.6 Å². The summed E-state index contributed by atoms with van der Waals surface area (Å²) in [5.74, 6) is 1.91. The lowest BCUT2D eigenvalue weighted by Gasteiger charge is -2.38. The van der Waals surface area contributed by atoms with Gasteiger partial charge in [0.05, 0.1) is 18.4 Å². The van der Waals surface area contributed by atoms with E-state index in [0.29, 0.717) is 32.5 Å². The van der Waals surface area contributed by atoms with Gasteiger partial charge >= 0.3 is 0 Å². The van der Waals surface area contributed by atoms with Gasteiger partial charge in [0.15, 0.2) is 0 Å². The standard InChI is InChI=1S/C20H29N3O3/c24-18-5-15(6-18)20(25)22-8-16-10-23(7-13-1-2-13)21-19(16)17(9-22)12-26-11-14-3-4-14/h10,13-15,17-18,24H,1-9,11-12H2. The molecular formula is C20H29N3O3. The number of amides is 1. The molecule has 3 aliphatic carbocycles. The number of fused-ring (bicyclic) bond motifs is 1. The highest BCUT2D eigenvalue weighted by atomic mass is 16.5. The van der Waals surface area contributed by atoms with Crippen molar-refractivity contribution in [2.24, 2.45) is 17.8 Å².